The molecule has 1 atom stereocenters. The average Bonchev–Trinajstić information content (AvgIpc) is 2.92. The van der Waals surface area contributed by atoms with Crippen molar-refractivity contribution in [2.24, 2.45) is 0 Å². The molecule has 5 heteroatoms. The van der Waals surface area contributed by atoms with Gasteiger partial charge in [-0.05, 0) is 29.7 Å². The van der Waals surface area contributed by atoms with E-state index in [1.54, 1.807) is 12.1 Å². The molecule has 110 valence electrons. The van der Waals surface area contributed by atoms with Crippen LogP contribution in [0, 0.1) is 0 Å². The van der Waals surface area contributed by atoms with Crippen molar-refractivity contribution in [2.75, 3.05) is 0 Å². The van der Waals surface area contributed by atoms with Crippen molar-refractivity contribution in [3.05, 3.63) is 59.9 Å². The predicted molar refractivity (Wildman–Crippen MR) is 81.2 cm³/mol. The first kappa shape index (κ1) is 14.2. The van der Waals surface area contributed by atoms with Crippen LogP contribution in [0.2, 0.25) is 0 Å². The Morgan fingerprint density at radius 1 is 1.10 bits per heavy atom. The van der Waals surface area contributed by atoms with Crippen LogP contribution in [-0.2, 0) is 22.9 Å². The number of hydrogen-bond acceptors (Lipinski definition) is 4. The van der Waals surface area contributed by atoms with Gasteiger partial charge in [-0.2, -0.15) is 0 Å². The Balaban J connectivity index is 1.91. The molecule has 1 unspecified atom stereocenters. The van der Waals surface area contributed by atoms with Gasteiger partial charge in [0, 0.05) is 25.5 Å². The third-order valence-electron chi connectivity index (χ3n) is 3.96. The summed E-state index contributed by atoms with van der Waals surface area (Å²) in [5, 5.41) is -0.493. The Bertz CT molecular complexity index is 704. The molecule has 0 fully saturated rings. The second-order valence-corrected chi connectivity index (χ2v) is 7.37. The fraction of sp³-hybridized carbons (Fsp3) is 0.312. The molecule has 1 aliphatic rings. The van der Waals surface area contributed by atoms with Gasteiger partial charge in [0.1, 0.15) is 5.37 Å². The lowest BCUT2D eigenvalue weighted by Crippen LogP contribution is -2.37. The molecule has 4 nitrogen and oxygen atoms in total. The topological polar surface area (TPSA) is 50.3 Å². The molecule has 0 radical (unpaired) electrons. The van der Waals surface area contributed by atoms with E-state index in [1.807, 2.05) is 24.0 Å². The quantitative estimate of drug-likeness (QED) is 0.871. The van der Waals surface area contributed by atoms with Gasteiger partial charge in [-0.3, -0.25) is 9.88 Å². The lowest BCUT2D eigenvalue weighted by molar-refractivity contribution is 0.249. The molecule has 2 heterocycles. The summed E-state index contributed by atoms with van der Waals surface area (Å²) in [6, 6.07) is 11.3. The molecule has 1 aromatic carbocycles. The minimum Gasteiger partial charge on any atom is -0.278 e. The lowest BCUT2D eigenvalue weighted by atomic mass is 10.1. The second kappa shape index (κ2) is 5.58. The van der Waals surface area contributed by atoms with Gasteiger partial charge in [-0.1, -0.05) is 31.2 Å². The smallest absolute Gasteiger partial charge is 0.194 e. The number of nitrogens with zero attached hydrogens (tertiary/aromatic N) is 2. The maximum atomic E-state index is 12.8. The zero-order chi connectivity index (χ0) is 14.9. The van der Waals surface area contributed by atoms with Crippen molar-refractivity contribution in [3.8, 4) is 0 Å². The summed E-state index contributed by atoms with van der Waals surface area (Å²) in [5.74, 6) is 0. The highest BCUT2D eigenvalue weighted by Gasteiger charge is 2.34. The summed E-state index contributed by atoms with van der Waals surface area (Å²) in [4.78, 5) is 6.29. The molecule has 0 amide bonds. The van der Waals surface area contributed by atoms with Gasteiger partial charge >= 0.3 is 0 Å². The van der Waals surface area contributed by atoms with Crippen LogP contribution in [0.25, 0.3) is 0 Å². The van der Waals surface area contributed by atoms with Gasteiger partial charge in [0.25, 0.3) is 0 Å². The minimum atomic E-state index is -3.37. The summed E-state index contributed by atoms with van der Waals surface area (Å²) >= 11 is 0. The Kier molecular flexibility index (Phi) is 3.78. The highest BCUT2D eigenvalue weighted by Crippen LogP contribution is 2.29. The largest absolute Gasteiger partial charge is 0.278 e. The van der Waals surface area contributed by atoms with Gasteiger partial charge in [-0.25, -0.2) is 8.42 Å². The maximum absolute atomic E-state index is 12.8. The van der Waals surface area contributed by atoms with Gasteiger partial charge in [0.05, 0.1) is 4.90 Å². The average molecular weight is 302 g/mol. The van der Waals surface area contributed by atoms with E-state index in [1.165, 1.54) is 23.5 Å². The standard InChI is InChI=1S/C16H18N2O2S/c1-2-16(21(19,20)15-7-9-17-10-8-15)18-11-13-5-3-4-6-14(13)12-18/h3-10,16H,2,11-12H2,1H3. The highest BCUT2D eigenvalue weighted by atomic mass is 32.2. The Morgan fingerprint density at radius 3 is 2.19 bits per heavy atom. The number of hydrogen-bond donors (Lipinski definition) is 0. The first-order valence-corrected chi connectivity index (χ1v) is 8.62. The molecule has 1 aromatic heterocycles. The first-order chi connectivity index (χ1) is 10.1. The molecule has 0 spiro atoms. The molecule has 2 aromatic rings. The molecular weight excluding hydrogens is 284 g/mol. The van der Waals surface area contributed by atoms with Crippen LogP contribution in [-0.4, -0.2) is 23.7 Å². The van der Waals surface area contributed by atoms with E-state index in [9.17, 15) is 8.42 Å². The van der Waals surface area contributed by atoms with Crippen LogP contribution in [0.1, 0.15) is 24.5 Å². The molecular formula is C16H18N2O2S. The van der Waals surface area contributed by atoms with E-state index < -0.39 is 15.2 Å². The van der Waals surface area contributed by atoms with Crippen molar-refractivity contribution >= 4 is 9.84 Å². The number of benzene rings is 1. The van der Waals surface area contributed by atoms with E-state index in [0.29, 0.717) is 24.4 Å². The number of fused-ring (bicyclic) bond motifs is 1. The second-order valence-electron chi connectivity index (χ2n) is 5.26. The van der Waals surface area contributed by atoms with E-state index >= 15 is 0 Å². The van der Waals surface area contributed by atoms with E-state index in [-0.39, 0.29) is 0 Å². The molecule has 0 saturated heterocycles. The SMILES string of the molecule is CCC(N1Cc2ccccc2C1)S(=O)(=O)c1ccncc1. The molecule has 1 aliphatic heterocycles. The van der Waals surface area contributed by atoms with Crippen molar-refractivity contribution in [1.29, 1.82) is 0 Å². The van der Waals surface area contributed by atoms with Gasteiger partial charge in [0.2, 0.25) is 0 Å². The Labute approximate surface area is 125 Å². The highest BCUT2D eigenvalue weighted by molar-refractivity contribution is 7.92. The van der Waals surface area contributed by atoms with Crippen molar-refractivity contribution in [2.45, 2.75) is 36.7 Å². The van der Waals surface area contributed by atoms with Gasteiger partial charge < -0.3 is 0 Å². The van der Waals surface area contributed by atoms with Crippen LogP contribution in [0.3, 0.4) is 0 Å². The summed E-state index contributed by atoms with van der Waals surface area (Å²) in [6.07, 6.45) is 3.62. The number of aromatic nitrogens is 1. The molecule has 0 N–H and O–H groups in total. The number of sulfone groups is 1. The molecule has 21 heavy (non-hydrogen) atoms. The van der Waals surface area contributed by atoms with Crippen LogP contribution in [0.4, 0.5) is 0 Å². The fourth-order valence-corrected chi connectivity index (χ4v) is 4.72. The predicted octanol–water partition coefficient (Wildman–Crippen LogP) is 2.61. The molecule has 0 bridgehead atoms. The summed E-state index contributed by atoms with van der Waals surface area (Å²) in [7, 11) is -3.37. The maximum Gasteiger partial charge on any atom is 0.194 e. The summed E-state index contributed by atoms with van der Waals surface area (Å²) in [6.45, 7) is 3.31. The fourth-order valence-electron chi connectivity index (χ4n) is 2.92. The monoisotopic (exact) mass is 302 g/mol. The molecule has 0 aliphatic carbocycles. The van der Waals surface area contributed by atoms with Crippen molar-refractivity contribution in [1.82, 2.24) is 9.88 Å². The number of rotatable bonds is 4. The van der Waals surface area contributed by atoms with Crippen molar-refractivity contribution < 1.29 is 8.42 Å². The van der Waals surface area contributed by atoms with Crippen LogP contribution in [0.5, 0.6) is 0 Å². The minimum absolute atomic E-state index is 0.348. The Morgan fingerprint density at radius 2 is 1.67 bits per heavy atom. The zero-order valence-corrected chi connectivity index (χ0v) is 12.8. The lowest BCUT2D eigenvalue weighted by Gasteiger charge is -2.26. The first-order valence-electron chi connectivity index (χ1n) is 7.07. The third kappa shape index (κ3) is 2.59. The molecule has 3 rings (SSSR count). The third-order valence-corrected chi connectivity index (χ3v) is 6.24. The van der Waals surface area contributed by atoms with Gasteiger partial charge in [-0.15, -0.1) is 0 Å². The van der Waals surface area contributed by atoms with E-state index in [0.717, 1.165) is 0 Å². The zero-order valence-electron chi connectivity index (χ0n) is 11.9. The van der Waals surface area contributed by atoms with Crippen LogP contribution >= 0.6 is 0 Å². The van der Waals surface area contributed by atoms with Gasteiger partial charge in [0.15, 0.2) is 9.84 Å². The summed E-state index contributed by atoms with van der Waals surface area (Å²) in [5.41, 5.74) is 2.45. The van der Waals surface area contributed by atoms with E-state index in [4.69, 9.17) is 0 Å². The van der Waals surface area contributed by atoms with Crippen LogP contribution < -0.4 is 0 Å². The Hall–Kier alpha value is -1.72. The molecule has 0 saturated carbocycles. The summed E-state index contributed by atoms with van der Waals surface area (Å²) < 4.78 is 25.7. The normalized spacial score (nSPS) is 16.6. The van der Waals surface area contributed by atoms with Crippen molar-refractivity contribution in [3.63, 3.8) is 0 Å². The van der Waals surface area contributed by atoms with Crippen LogP contribution in [0.15, 0.2) is 53.7 Å². The number of pyridine rings is 1. The van der Waals surface area contributed by atoms with E-state index in [2.05, 4.69) is 17.1 Å².